The minimum absolute atomic E-state index is 0.719. The molecule has 0 saturated heterocycles. The van der Waals surface area contributed by atoms with E-state index >= 15 is 0 Å². The van der Waals surface area contributed by atoms with E-state index in [1.165, 1.54) is 5.56 Å². The van der Waals surface area contributed by atoms with Gasteiger partial charge >= 0.3 is 0 Å². The Hall–Kier alpha value is -0.510. The Labute approximate surface area is 104 Å². The van der Waals surface area contributed by atoms with Crippen LogP contribution >= 0.6 is 12.6 Å². The van der Waals surface area contributed by atoms with Gasteiger partial charge in [-0.05, 0) is 19.0 Å². The SMILES string of the molecule is CN(CCS)CCCOCc1ccccc1. The zero-order chi connectivity index (χ0) is 11.6. The molecule has 0 radical (unpaired) electrons. The van der Waals surface area contributed by atoms with Crippen LogP contribution in [0.4, 0.5) is 0 Å². The Morgan fingerprint density at radius 2 is 1.94 bits per heavy atom. The van der Waals surface area contributed by atoms with Crippen LogP contribution in [0.3, 0.4) is 0 Å². The Morgan fingerprint density at radius 1 is 1.19 bits per heavy atom. The molecule has 90 valence electrons. The molecule has 0 amide bonds. The minimum atomic E-state index is 0.719. The summed E-state index contributed by atoms with van der Waals surface area (Å²) in [5.74, 6) is 0.918. The summed E-state index contributed by atoms with van der Waals surface area (Å²) in [6, 6.07) is 10.3. The molecule has 0 aromatic heterocycles. The lowest BCUT2D eigenvalue weighted by Crippen LogP contribution is -2.22. The van der Waals surface area contributed by atoms with Gasteiger partial charge in [0.15, 0.2) is 0 Å². The highest BCUT2D eigenvalue weighted by atomic mass is 32.1. The quantitative estimate of drug-likeness (QED) is 0.552. The summed E-state index contributed by atoms with van der Waals surface area (Å²) in [5.41, 5.74) is 1.24. The molecule has 0 aliphatic rings. The lowest BCUT2D eigenvalue weighted by atomic mass is 10.2. The number of hydrogen-bond acceptors (Lipinski definition) is 3. The molecule has 0 spiro atoms. The molecular weight excluding hydrogens is 218 g/mol. The smallest absolute Gasteiger partial charge is 0.0716 e. The molecule has 0 heterocycles. The van der Waals surface area contributed by atoms with Gasteiger partial charge in [0.2, 0.25) is 0 Å². The molecule has 0 unspecified atom stereocenters. The largest absolute Gasteiger partial charge is 0.377 e. The number of rotatable bonds is 8. The molecule has 1 aromatic rings. The zero-order valence-electron chi connectivity index (χ0n) is 9.93. The monoisotopic (exact) mass is 239 g/mol. The number of hydrogen-bond donors (Lipinski definition) is 1. The van der Waals surface area contributed by atoms with Gasteiger partial charge in [-0.3, -0.25) is 0 Å². The number of thiol groups is 1. The van der Waals surface area contributed by atoms with Gasteiger partial charge in [-0.25, -0.2) is 0 Å². The first-order chi connectivity index (χ1) is 7.83. The summed E-state index contributed by atoms with van der Waals surface area (Å²) >= 11 is 4.20. The summed E-state index contributed by atoms with van der Waals surface area (Å²) in [7, 11) is 2.12. The van der Waals surface area contributed by atoms with Gasteiger partial charge < -0.3 is 9.64 Å². The van der Waals surface area contributed by atoms with E-state index in [4.69, 9.17) is 4.74 Å². The van der Waals surface area contributed by atoms with Crippen LogP contribution in [0.2, 0.25) is 0 Å². The van der Waals surface area contributed by atoms with Gasteiger partial charge in [-0.15, -0.1) is 0 Å². The molecule has 0 saturated carbocycles. The van der Waals surface area contributed by atoms with E-state index in [0.717, 1.165) is 38.5 Å². The molecule has 0 fully saturated rings. The zero-order valence-corrected chi connectivity index (χ0v) is 10.8. The van der Waals surface area contributed by atoms with Gasteiger partial charge in [0.25, 0.3) is 0 Å². The first kappa shape index (κ1) is 13.6. The summed E-state index contributed by atoms with van der Waals surface area (Å²) < 4.78 is 5.60. The van der Waals surface area contributed by atoms with Crippen LogP contribution in [-0.2, 0) is 11.3 Å². The summed E-state index contributed by atoms with van der Waals surface area (Å²) in [4.78, 5) is 2.28. The highest BCUT2D eigenvalue weighted by molar-refractivity contribution is 7.80. The van der Waals surface area contributed by atoms with Crippen molar-refractivity contribution in [2.75, 3.05) is 32.5 Å². The fourth-order valence-corrected chi connectivity index (χ4v) is 1.82. The molecule has 1 rings (SSSR count). The third-order valence-electron chi connectivity index (χ3n) is 2.42. The van der Waals surface area contributed by atoms with Crippen molar-refractivity contribution in [3.8, 4) is 0 Å². The minimum Gasteiger partial charge on any atom is -0.377 e. The van der Waals surface area contributed by atoms with Crippen molar-refractivity contribution in [1.82, 2.24) is 4.90 Å². The van der Waals surface area contributed by atoms with Gasteiger partial charge in [-0.2, -0.15) is 12.6 Å². The Bertz CT molecular complexity index is 266. The number of benzene rings is 1. The molecule has 0 bridgehead atoms. The highest BCUT2D eigenvalue weighted by Crippen LogP contribution is 2.00. The molecule has 3 heteroatoms. The molecule has 0 N–H and O–H groups in total. The second-order valence-corrected chi connectivity index (χ2v) is 4.37. The maximum atomic E-state index is 5.60. The predicted molar refractivity (Wildman–Crippen MR) is 72.1 cm³/mol. The van der Waals surface area contributed by atoms with E-state index < -0.39 is 0 Å². The van der Waals surface area contributed by atoms with Crippen LogP contribution in [0.5, 0.6) is 0 Å². The second-order valence-electron chi connectivity index (χ2n) is 3.92. The maximum Gasteiger partial charge on any atom is 0.0716 e. The standard InChI is InChI=1S/C13H21NOS/c1-14(9-11-16)8-5-10-15-12-13-6-3-2-4-7-13/h2-4,6-7,16H,5,8-12H2,1H3. The van der Waals surface area contributed by atoms with E-state index in [9.17, 15) is 0 Å². The third kappa shape index (κ3) is 6.16. The molecule has 0 aliphatic carbocycles. The molecule has 16 heavy (non-hydrogen) atoms. The van der Waals surface area contributed by atoms with Gasteiger partial charge in [0.1, 0.15) is 0 Å². The Kier molecular flexibility index (Phi) is 7.30. The molecule has 1 aromatic carbocycles. The van der Waals surface area contributed by atoms with Crippen molar-refractivity contribution in [1.29, 1.82) is 0 Å². The van der Waals surface area contributed by atoms with E-state index in [1.807, 2.05) is 18.2 Å². The first-order valence-electron chi connectivity index (χ1n) is 5.74. The topological polar surface area (TPSA) is 12.5 Å². The molecule has 2 nitrogen and oxygen atoms in total. The highest BCUT2D eigenvalue weighted by Gasteiger charge is 1.96. The van der Waals surface area contributed by atoms with Crippen LogP contribution in [0.25, 0.3) is 0 Å². The Balaban J connectivity index is 2.00. The van der Waals surface area contributed by atoms with Crippen LogP contribution in [0.15, 0.2) is 30.3 Å². The lowest BCUT2D eigenvalue weighted by Gasteiger charge is -2.14. The Morgan fingerprint density at radius 3 is 2.62 bits per heavy atom. The summed E-state index contributed by atoms with van der Waals surface area (Å²) in [6.45, 7) is 3.67. The van der Waals surface area contributed by atoms with Crippen molar-refractivity contribution in [3.05, 3.63) is 35.9 Å². The maximum absolute atomic E-state index is 5.60. The van der Waals surface area contributed by atoms with E-state index in [1.54, 1.807) is 0 Å². The van der Waals surface area contributed by atoms with Crippen molar-refractivity contribution in [3.63, 3.8) is 0 Å². The van der Waals surface area contributed by atoms with Gasteiger partial charge in [0, 0.05) is 25.4 Å². The summed E-state index contributed by atoms with van der Waals surface area (Å²) in [5, 5.41) is 0. The second kappa shape index (κ2) is 8.62. The predicted octanol–water partition coefficient (Wildman–Crippen LogP) is 2.45. The van der Waals surface area contributed by atoms with Crippen molar-refractivity contribution < 1.29 is 4.74 Å². The fraction of sp³-hybridized carbons (Fsp3) is 0.538. The number of nitrogens with zero attached hydrogens (tertiary/aromatic N) is 1. The van der Waals surface area contributed by atoms with E-state index in [-0.39, 0.29) is 0 Å². The molecule has 0 atom stereocenters. The van der Waals surface area contributed by atoms with Crippen molar-refractivity contribution in [2.45, 2.75) is 13.0 Å². The van der Waals surface area contributed by atoms with Crippen molar-refractivity contribution >= 4 is 12.6 Å². The average Bonchev–Trinajstić information content (AvgIpc) is 2.30. The van der Waals surface area contributed by atoms with E-state index in [0.29, 0.717) is 0 Å². The van der Waals surface area contributed by atoms with E-state index in [2.05, 4.69) is 36.7 Å². The van der Waals surface area contributed by atoms with Gasteiger partial charge in [-0.1, -0.05) is 30.3 Å². The molecule has 0 aliphatic heterocycles. The van der Waals surface area contributed by atoms with Crippen LogP contribution < -0.4 is 0 Å². The first-order valence-corrected chi connectivity index (χ1v) is 6.37. The normalized spacial score (nSPS) is 10.9. The van der Waals surface area contributed by atoms with Crippen LogP contribution in [0, 0.1) is 0 Å². The molecular formula is C13H21NOS. The lowest BCUT2D eigenvalue weighted by molar-refractivity contribution is 0.112. The number of ether oxygens (including phenoxy) is 1. The average molecular weight is 239 g/mol. The van der Waals surface area contributed by atoms with Crippen LogP contribution in [0.1, 0.15) is 12.0 Å². The van der Waals surface area contributed by atoms with Crippen molar-refractivity contribution in [2.24, 2.45) is 0 Å². The summed E-state index contributed by atoms with van der Waals surface area (Å²) in [6.07, 6.45) is 1.08. The third-order valence-corrected chi connectivity index (χ3v) is 2.62. The van der Waals surface area contributed by atoms with Crippen LogP contribution in [-0.4, -0.2) is 37.4 Å². The van der Waals surface area contributed by atoms with Gasteiger partial charge in [0.05, 0.1) is 6.61 Å². The fourth-order valence-electron chi connectivity index (χ4n) is 1.48.